The van der Waals surface area contributed by atoms with Crippen molar-refractivity contribution >= 4 is 6.09 Å². The molecule has 1 heterocycles. The summed E-state index contributed by atoms with van der Waals surface area (Å²) >= 11 is 0. The van der Waals surface area contributed by atoms with Crippen molar-refractivity contribution in [2.45, 2.75) is 65.1 Å². The monoisotopic (exact) mass is 268 g/mol. The molecule has 1 rings (SSSR count). The SMILES string of the molecule is C=CCC1CCN(C(C)C)CN1C(=O)OC(C)(C)C. The fourth-order valence-electron chi connectivity index (χ4n) is 2.24. The average molecular weight is 268 g/mol. The fraction of sp³-hybridized carbons (Fsp3) is 0.800. The molecule has 1 saturated heterocycles. The van der Waals surface area contributed by atoms with E-state index < -0.39 is 5.60 Å². The summed E-state index contributed by atoms with van der Waals surface area (Å²) in [4.78, 5) is 16.4. The highest BCUT2D eigenvalue weighted by Crippen LogP contribution is 2.21. The van der Waals surface area contributed by atoms with E-state index in [1.807, 2.05) is 31.7 Å². The van der Waals surface area contributed by atoms with E-state index >= 15 is 0 Å². The second-order valence-corrected chi connectivity index (χ2v) is 6.46. The topological polar surface area (TPSA) is 32.8 Å². The zero-order valence-corrected chi connectivity index (χ0v) is 13.0. The summed E-state index contributed by atoms with van der Waals surface area (Å²) in [6.45, 7) is 15.5. The number of amides is 1. The molecule has 0 aromatic rings. The zero-order chi connectivity index (χ0) is 14.6. The first-order valence-corrected chi connectivity index (χ1v) is 7.09. The van der Waals surface area contributed by atoms with Gasteiger partial charge in [-0.15, -0.1) is 6.58 Å². The molecule has 0 bridgehead atoms. The third-order valence-corrected chi connectivity index (χ3v) is 3.32. The zero-order valence-electron chi connectivity index (χ0n) is 13.0. The minimum absolute atomic E-state index is 0.211. The van der Waals surface area contributed by atoms with Gasteiger partial charge in [-0.2, -0.15) is 0 Å². The van der Waals surface area contributed by atoms with Crippen LogP contribution in [0, 0.1) is 0 Å². The lowest BCUT2D eigenvalue weighted by molar-refractivity contribution is -0.0208. The number of rotatable bonds is 3. The normalized spacial score (nSPS) is 21.6. The van der Waals surface area contributed by atoms with E-state index in [0.717, 1.165) is 19.4 Å². The second-order valence-electron chi connectivity index (χ2n) is 6.46. The van der Waals surface area contributed by atoms with Gasteiger partial charge in [-0.05, 0) is 47.5 Å². The van der Waals surface area contributed by atoms with Crippen LogP contribution < -0.4 is 0 Å². The molecule has 0 aromatic heterocycles. The quantitative estimate of drug-likeness (QED) is 0.737. The van der Waals surface area contributed by atoms with Gasteiger partial charge in [0, 0.05) is 18.6 Å². The molecule has 110 valence electrons. The Labute approximate surface area is 117 Å². The molecule has 0 aliphatic carbocycles. The Morgan fingerprint density at radius 3 is 2.58 bits per heavy atom. The lowest BCUT2D eigenvalue weighted by atomic mass is 10.1. The smallest absolute Gasteiger partial charge is 0.411 e. The molecule has 1 amide bonds. The number of hydrogen-bond donors (Lipinski definition) is 0. The maximum Gasteiger partial charge on any atom is 0.411 e. The first-order valence-electron chi connectivity index (χ1n) is 7.09. The maximum absolute atomic E-state index is 12.3. The minimum Gasteiger partial charge on any atom is -0.444 e. The minimum atomic E-state index is -0.448. The molecule has 1 fully saturated rings. The summed E-state index contributed by atoms with van der Waals surface area (Å²) in [6.07, 6.45) is 3.46. The van der Waals surface area contributed by atoms with E-state index in [1.54, 1.807) is 0 Å². The molecular weight excluding hydrogens is 240 g/mol. The van der Waals surface area contributed by atoms with Gasteiger partial charge in [0.05, 0.1) is 6.67 Å². The predicted molar refractivity (Wildman–Crippen MR) is 78.0 cm³/mol. The van der Waals surface area contributed by atoms with Gasteiger partial charge in [0.2, 0.25) is 0 Å². The Kier molecular flexibility index (Phi) is 5.41. The highest BCUT2D eigenvalue weighted by molar-refractivity contribution is 5.68. The molecule has 4 nitrogen and oxygen atoms in total. The summed E-state index contributed by atoms with van der Waals surface area (Å²) in [5, 5.41) is 0. The Morgan fingerprint density at radius 1 is 1.47 bits per heavy atom. The van der Waals surface area contributed by atoms with Gasteiger partial charge >= 0.3 is 6.09 Å². The van der Waals surface area contributed by atoms with E-state index in [4.69, 9.17) is 4.74 Å². The van der Waals surface area contributed by atoms with Crippen LogP contribution in [0.25, 0.3) is 0 Å². The predicted octanol–water partition coefficient (Wildman–Crippen LogP) is 3.24. The van der Waals surface area contributed by atoms with Gasteiger partial charge in [-0.3, -0.25) is 9.80 Å². The number of carbonyl (C=O) groups excluding carboxylic acids is 1. The Hall–Kier alpha value is -1.03. The summed E-state index contributed by atoms with van der Waals surface area (Å²) < 4.78 is 5.51. The largest absolute Gasteiger partial charge is 0.444 e. The first-order chi connectivity index (χ1) is 8.74. The van der Waals surface area contributed by atoms with Crippen molar-refractivity contribution in [3.8, 4) is 0 Å². The molecule has 0 saturated carbocycles. The van der Waals surface area contributed by atoms with E-state index in [0.29, 0.717) is 12.7 Å². The van der Waals surface area contributed by atoms with Crippen LogP contribution in [0.15, 0.2) is 12.7 Å². The lowest BCUT2D eigenvalue weighted by Crippen LogP contribution is -2.55. The number of hydrogen-bond acceptors (Lipinski definition) is 3. The standard InChI is InChI=1S/C15H28N2O2/c1-7-8-13-9-10-16(12(2)3)11-17(13)14(18)19-15(4,5)6/h7,12-13H,1,8-11H2,2-6H3. The Morgan fingerprint density at radius 2 is 2.11 bits per heavy atom. The second kappa shape index (κ2) is 6.42. The maximum atomic E-state index is 12.3. The van der Waals surface area contributed by atoms with Crippen molar-refractivity contribution < 1.29 is 9.53 Å². The van der Waals surface area contributed by atoms with Gasteiger partial charge in [0.15, 0.2) is 0 Å². The van der Waals surface area contributed by atoms with Crippen LogP contribution in [0.2, 0.25) is 0 Å². The molecule has 0 radical (unpaired) electrons. The molecule has 19 heavy (non-hydrogen) atoms. The molecule has 1 unspecified atom stereocenters. The summed E-state index contributed by atoms with van der Waals surface area (Å²) in [5.41, 5.74) is -0.448. The van der Waals surface area contributed by atoms with Crippen LogP contribution in [-0.4, -0.2) is 46.8 Å². The number of ether oxygens (including phenoxy) is 1. The van der Waals surface area contributed by atoms with Crippen LogP contribution in [0.3, 0.4) is 0 Å². The van der Waals surface area contributed by atoms with Crippen molar-refractivity contribution in [3.63, 3.8) is 0 Å². The van der Waals surface area contributed by atoms with Crippen LogP contribution in [0.5, 0.6) is 0 Å². The molecule has 1 aliphatic heterocycles. The summed E-state index contributed by atoms with van der Waals surface area (Å²) in [6, 6.07) is 0.650. The van der Waals surface area contributed by atoms with Crippen LogP contribution in [0.4, 0.5) is 4.79 Å². The van der Waals surface area contributed by atoms with Gasteiger partial charge < -0.3 is 4.74 Å². The first kappa shape index (κ1) is 16.0. The van der Waals surface area contributed by atoms with E-state index in [-0.39, 0.29) is 12.1 Å². The van der Waals surface area contributed by atoms with E-state index in [9.17, 15) is 4.79 Å². The molecule has 0 spiro atoms. The molecule has 0 N–H and O–H groups in total. The highest BCUT2D eigenvalue weighted by Gasteiger charge is 2.33. The number of carbonyl (C=O) groups is 1. The molecular formula is C15H28N2O2. The molecule has 1 aliphatic rings. The summed E-state index contributed by atoms with van der Waals surface area (Å²) in [5.74, 6) is 0. The number of nitrogens with zero attached hydrogens (tertiary/aromatic N) is 2. The van der Waals surface area contributed by atoms with Crippen molar-refractivity contribution in [3.05, 3.63) is 12.7 Å². The van der Waals surface area contributed by atoms with Crippen molar-refractivity contribution in [1.82, 2.24) is 9.80 Å². The van der Waals surface area contributed by atoms with E-state index in [1.165, 1.54) is 0 Å². The van der Waals surface area contributed by atoms with Crippen LogP contribution >= 0.6 is 0 Å². The van der Waals surface area contributed by atoms with Gasteiger partial charge in [0.1, 0.15) is 5.60 Å². The van der Waals surface area contributed by atoms with E-state index in [2.05, 4.69) is 25.3 Å². The Bertz CT molecular complexity index is 321. The fourth-order valence-corrected chi connectivity index (χ4v) is 2.24. The highest BCUT2D eigenvalue weighted by atomic mass is 16.6. The van der Waals surface area contributed by atoms with Crippen molar-refractivity contribution in [2.75, 3.05) is 13.2 Å². The van der Waals surface area contributed by atoms with Gasteiger partial charge in [-0.25, -0.2) is 4.79 Å². The summed E-state index contributed by atoms with van der Waals surface area (Å²) in [7, 11) is 0. The average Bonchev–Trinajstić information content (AvgIpc) is 2.27. The molecule has 4 heteroatoms. The van der Waals surface area contributed by atoms with Crippen LogP contribution in [0.1, 0.15) is 47.5 Å². The molecule has 0 aromatic carbocycles. The van der Waals surface area contributed by atoms with Gasteiger partial charge in [-0.1, -0.05) is 6.08 Å². The van der Waals surface area contributed by atoms with Crippen molar-refractivity contribution in [1.29, 1.82) is 0 Å². The van der Waals surface area contributed by atoms with Gasteiger partial charge in [0.25, 0.3) is 0 Å². The van der Waals surface area contributed by atoms with Crippen LogP contribution in [-0.2, 0) is 4.74 Å². The third kappa shape index (κ3) is 4.86. The third-order valence-electron chi connectivity index (χ3n) is 3.32. The Balaban J connectivity index is 2.76. The molecule has 1 atom stereocenters. The van der Waals surface area contributed by atoms with Crippen molar-refractivity contribution in [2.24, 2.45) is 0 Å². The lowest BCUT2D eigenvalue weighted by Gasteiger charge is -2.43.